The normalized spacial score (nSPS) is 14.5. The van der Waals surface area contributed by atoms with Gasteiger partial charge in [0.1, 0.15) is 11.3 Å². The first kappa shape index (κ1) is 22.8. The number of benzene rings is 1. The molecule has 1 aromatic carbocycles. The number of nitrogen functional groups attached to an aromatic ring is 1. The van der Waals surface area contributed by atoms with Crippen LogP contribution in [-0.2, 0) is 17.6 Å². The van der Waals surface area contributed by atoms with Crippen molar-refractivity contribution in [2.45, 2.75) is 25.3 Å². The summed E-state index contributed by atoms with van der Waals surface area (Å²) in [6.07, 6.45) is 8.83. The molecule has 192 valence electrons. The van der Waals surface area contributed by atoms with Crippen molar-refractivity contribution in [1.82, 2.24) is 44.8 Å². The number of fused-ring (bicyclic) bond motifs is 2. The minimum atomic E-state index is -0.0398. The van der Waals surface area contributed by atoms with Gasteiger partial charge in [0.25, 0.3) is 0 Å². The number of nitrogens with one attached hydrogen (secondary N) is 2. The molecule has 5 heterocycles. The smallest absolute Gasteiger partial charge is 0.226 e. The molecule has 7 rings (SSSR count). The Morgan fingerprint density at radius 1 is 1.08 bits per heavy atom. The molecule has 0 fully saturated rings. The van der Waals surface area contributed by atoms with Crippen molar-refractivity contribution < 1.29 is 4.79 Å². The number of hydrogen-bond donors (Lipinski definition) is 3. The molecule has 11 nitrogen and oxygen atoms in total. The predicted octanol–water partition coefficient (Wildman–Crippen LogP) is 3.32. The highest BCUT2D eigenvalue weighted by Gasteiger charge is 2.26. The summed E-state index contributed by atoms with van der Waals surface area (Å²) in [6, 6.07) is 17.5. The number of hydrogen-bond acceptors (Lipinski definition) is 7. The summed E-state index contributed by atoms with van der Waals surface area (Å²) in [5.41, 5.74) is 12.4. The van der Waals surface area contributed by atoms with E-state index in [1.165, 1.54) is 5.56 Å². The highest BCUT2D eigenvalue weighted by molar-refractivity contribution is 5.83. The number of anilines is 1. The largest absolute Gasteiger partial charge is 0.383 e. The molecule has 1 amide bonds. The van der Waals surface area contributed by atoms with E-state index in [-0.39, 0.29) is 18.4 Å². The van der Waals surface area contributed by atoms with E-state index in [0.717, 1.165) is 40.9 Å². The Hall–Kier alpha value is -5.32. The van der Waals surface area contributed by atoms with E-state index in [0.29, 0.717) is 23.1 Å². The summed E-state index contributed by atoms with van der Waals surface area (Å²) < 4.78 is 3.73. The predicted molar refractivity (Wildman–Crippen MR) is 145 cm³/mol. The third-order valence-corrected chi connectivity index (χ3v) is 7.02. The number of H-pyrrole nitrogens is 1. The second kappa shape index (κ2) is 9.21. The zero-order valence-corrected chi connectivity index (χ0v) is 20.8. The summed E-state index contributed by atoms with van der Waals surface area (Å²) in [5, 5.41) is 14.3. The zero-order chi connectivity index (χ0) is 26.3. The van der Waals surface area contributed by atoms with Gasteiger partial charge in [0, 0.05) is 36.2 Å². The van der Waals surface area contributed by atoms with E-state index in [9.17, 15) is 4.79 Å². The minimum Gasteiger partial charge on any atom is -0.383 e. The molecule has 0 saturated carbocycles. The molecule has 0 spiro atoms. The number of nitrogens with zero attached hydrogens (tertiary/aromatic N) is 7. The molecule has 0 saturated heterocycles. The van der Waals surface area contributed by atoms with Crippen molar-refractivity contribution in [1.29, 1.82) is 0 Å². The maximum atomic E-state index is 12.6. The summed E-state index contributed by atoms with van der Waals surface area (Å²) in [4.78, 5) is 26.8. The van der Waals surface area contributed by atoms with Crippen LogP contribution in [0.1, 0.15) is 29.3 Å². The molecular formula is C28H24N10O. The Kier molecular flexibility index (Phi) is 5.39. The molecule has 1 atom stereocenters. The molecule has 39 heavy (non-hydrogen) atoms. The van der Waals surface area contributed by atoms with Gasteiger partial charge in [-0.25, -0.2) is 19.6 Å². The number of amides is 1. The number of rotatable bonds is 6. The Balaban J connectivity index is 1.30. The van der Waals surface area contributed by atoms with Gasteiger partial charge in [0.15, 0.2) is 17.3 Å². The van der Waals surface area contributed by atoms with E-state index >= 15 is 0 Å². The SMILES string of the molecule is Nc1ncccc1-c1nc2ccc(-n3cccn3)nc2n1-c1ccc2c(c1)CCC2NC(=O)Cc1ccn[nH]1. The van der Waals surface area contributed by atoms with Crippen LogP contribution >= 0.6 is 0 Å². The number of carbonyl (C=O) groups excluding carboxylic acids is 1. The van der Waals surface area contributed by atoms with Crippen LogP contribution in [0.25, 0.3) is 34.1 Å². The first-order valence-corrected chi connectivity index (χ1v) is 12.7. The summed E-state index contributed by atoms with van der Waals surface area (Å²) in [5.74, 6) is 1.69. The molecule has 6 aromatic rings. The van der Waals surface area contributed by atoms with Gasteiger partial charge >= 0.3 is 0 Å². The molecule has 4 N–H and O–H groups in total. The van der Waals surface area contributed by atoms with Crippen molar-refractivity contribution in [2.24, 2.45) is 0 Å². The van der Waals surface area contributed by atoms with Gasteiger partial charge in [-0.3, -0.25) is 14.5 Å². The second-order valence-corrected chi connectivity index (χ2v) is 9.47. The molecule has 5 aromatic heterocycles. The summed E-state index contributed by atoms with van der Waals surface area (Å²) >= 11 is 0. The van der Waals surface area contributed by atoms with Crippen LogP contribution in [0.3, 0.4) is 0 Å². The topological polar surface area (TPSA) is 145 Å². The van der Waals surface area contributed by atoms with Crippen LogP contribution in [0.4, 0.5) is 5.82 Å². The maximum Gasteiger partial charge on any atom is 0.226 e. The van der Waals surface area contributed by atoms with Gasteiger partial charge in [-0.05, 0) is 72.5 Å². The first-order chi connectivity index (χ1) is 19.1. The molecule has 0 aliphatic heterocycles. The fraction of sp³-hybridized carbons (Fsp3) is 0.143. The average molecular weight is 517 g/mol. The third-order valence-electron chi connectivity index (χ3n) is 7.02. The fourth-order valence-electron chi connectivity index (χ4n) is 5.21. The Morgan fingerprint density at radius 2 is 2.03 bits per heavy atom. The van der Waals surface area contributed by atoms with Crippen LogP contribution in [0.15, 0.2) is 79.4 Å². The number of carbonyl (C=O) groups is 1. The average Bonchev–Trinajstić information content (AvgIpc) is 3.75. The lowest BCUT2D eigenvalue weighted by Gasteiger charge is -2.15. The van der Waals surface area contributed by atoms with Crippen LogP contribution in [0, 0.1) is 0 Å². The van der Waals surface area contributed by atoms with E-state index in [1.54, 1.807) is 23.3 Å². The van der Waals surface area contributed by atoms with Gasteiger partial charge in [-0.15, -0.1) is 0 Å². The third kappa shape index (κ3) is 4.09. The number of imidazole rings is 1. The zero-order valence-electron chi connectivity index (χ0n) is 20.8. The fourth-order valence-corrected chi connectivity index (χ4v) is 5.21. The lowest BCUT2D eigenvalue weighted by molar-refractivity contribution is -0.121. The number of pyridine rings is 2. The second-order valence-electron chi connectivity index (χ2n) is 9.47. The monoisotopic (exact) mass is 516 g/mol. The number of aromatic amines is 1. The van der Waals surface area contributed by atoms with Crippen molar-refractivity contribution in [2.75, 3.05) is 5.73 Å². The van der Waals surface area contributed by atoms with Gasteiger partial charge in [0.05, 0.1) is 18.0 Å². The summed E-state index contributed by atoms with van der Waals surface area (Å²) in [7, 11) is 0. The quantitative estimate of drug-likeness (QED) is 0.308. The summed E-state index contributed by atoms with van der Waals surface area (Å²) in [6.45, 7) is 0. The van der Waals surface area contributed by atoms with Gasteiger partial charge in [0.2, 0.25) is 5.91 Å². The van der Waals surface area contributed by atoms with Gasteiger partial charge < -0.3 is 11.1 Å². The molecule has 11 heteroatoms. The molecule has 1 aliphatic carbocycles. The maximum absolute atomic E-state index is 12.6. The number of nitrogens with two attached hydrogens (primary N) is 1. The van der Waals surface area contributed by atoms with E-state index in [4.69, 9.17) is 15.7 Å². The van der Waals surface area contributed by atoms with Crippen molar-refractivity contribution in [3.63, 3.8) is 0 Å². The molecule has 1 aliphatic rings. The van der Waals surface area contributed by atoms with E-state index < -0.39 is 0 Å². The highest BCUT2D eigenvalue weighted by atomic mass is 16.1. The molecule has 0 radical (unpaired) electrons. The van der Waals surface area contributed by atoms with E-state index in [1.807, 2.05) is 53.2 Å². The first-order valence-electron chi connectivity index (χ1n) is 12.7. The molecule has 1 unspecified atom stereocenters. The Morgan fingerprint density at radius 3 is 2.85 bits per heavy atom. The van der Waals surface area contributed by atoms with E-state index in [2.05, 4.69) is 37.7 Å². The van der Waals surface area contributed by atoms with Crippen LogP contribution in [-0.4, -0.2) is 45.4 Å². The Bertz CT molecular complexity index is 1800. The van der Waals surface area contributed by atoms with Crippen LogP contribution < -0.4 is 11.1 Å². The highest BCUT2D eigenvalue weighted by Crippen LogP contribution is 2.36. The number of aryl methyl sites for hydroxylation is 1. The van der Waals surface area contributed by atoms with Crippen molar-refractivity contribution in [3.8, 4) is 22.9 Å². The lowest BCUT2D eigenvalue weighted by Crippen LogP contribution is -2.28. The Labute approximate surface area is 222 Å². The molecule has 0 bridgehead atoms. The molecular weight excluding hydrogens is 492 g/mol. The van der Waals surface area contributed by atoms with Gasteiger partial charge in [-0.2, -0.15) is 10.2 Å². The van der Waals surface area contributed by atoms with Crippen LogP contribution in [0.2, 0.25) is 0 Å². The van der Waals surface area contributed by atoms with Gasteiger partial charge in [-0.1, -0.05) is 6.07 Å². The number of aromatic nitrogens is 8. The lowest BCUT2D eigenvalue weighted by atomic mass is 10.1. The minimum absolute atomic E-state index is 0.0357. The van der Waals surface area contributed by atoms with Crippen molar-refractivity contribution in [3.05, 3.63) is 96.2 Å². The van der Waals surface area contributed by atoms with Crippen LogP contribution in [0.5, 0.6) is 0 Å². The standard InChI is InChI=1S/C28H24N10O/c29-26-21(3-1-11-30-26)27-34-23-8-9-24(37-14-2-12-32-37)35-28(23)38(27)19-5-6-20-17(15-19)4-7-22(20)33-25(39)16-18-10-13-31-36-18/h1-3,5-6,8-15,22H,4,7,16H2,(H2,29,30)(H,31,36)(H,33,39). The van der Waals surface area contributed by atoms with Crippen molar-refractivity contribution >= 4 is 22.9 Å².